The Kier molecular flexibility index (Phi) is 4.53. The summed E-state index contributed by atoms with van der Waals surface area (Å²) in [6.07, 6.45) is 6.67. The van der Waals surface area contributed by atoms with Gasteiger partial charge in [0.1, 0.15) is 5.75 Å². The third-order valence-corrected chi connectivity index (χ3v) is 3.88. The number of nitrogens with one attached hydrogen (secondary N) is 1. The highest BCUT2D eigenvalue weighted by molar-refractivity contribution is 5.58. The number of allylic oxidation sites excluding steroid dienone is 1. The molecule has 1 N–H and O–H groups in total. The molecule has 0 heterocycles. The second-order valence-electron chi connectivity index (χ2n) is 6.01. The highest BCUT2D eigenvalue weighted by Gasteiger charge is 2.32. The first-order valence-corrected chi connectivity index (χ1v) is 7.26. The minimum atomic E-state index is 0.0688. The molecule has 0 spiro atoms. The van der Waals surface area contributed by atoms with Crippen molar-refractivity contribution in [2.24, 2.45) is 0 Å². The molecule has 0 saturated carbocycles. The van der Waals surface area contributed by atoms with Crippen molar-refractivity contribution >= 4 is 5.69 Å². The number of benzene rings is 1. The molecule has 1 atom stereocenters. The van der Waals surface area contributed by atoms with Crippen LogP contribution in [0.5, 0.6) is 5.75 Å². The van der Waals surface area contributed by atoms with Crippen molar-refractivity contribution in [3.8, 4) is 5.75 Å². The molecule has 1 aliphatic rings. The Morgan fingerprint density at radius 3 is 2.80 bits per heavy atom. The first-order chi connectivity index (χ1) is 9.54. The van der Waals surface area contributed by atoms with E-state index in [9.17, 15) is 0 Å². The SMILES string of the molecule is C=C(C)C[C@]1(Nc2ccccc2OC)CCC=C(C)C1. The van der Waals surface area contributed by atoms with Gasteiger partial charge in [-0.05, 0) is 51.7 Å². The summed E-state index contributed by atoms with van der Waals surface area (Å²) in [5, 5.41) is 3.75. The maximum Gasteiger partial charge on any atom is 0.141 e. The van der Waals surface area contributed by atoms with Crippen LogP contribution in [-0.4, -0.2) is 12.6 Å². The third kappa shape index (κ3) is 3.44. The van der Waals surface area contributed by atoms with Crippen LogP contribution in [0.15, 0.2) is 48.1 Å². The van der Waals surface area contributed by atoms with Gasteiger partial charge < -0.3 is 10.1 Å². The molecule has 0 aromatic heterocycles. The predicted octanol–water partition coefficient (Wildman–Crippen LogP) is 4.94. The lowest BCUT2D eigenvalue weighted by Gasteiger charge is -2.39. The summed E-state index contributed by atoms with van der Waals surface area (Å²) in [5.41, 5.74) is 3.83. The van der Waals surface area contributed by atoms with Gasteiger partial charge in [0.2, 0.25) is 0 Å². The fourth-order valence-electron chi connectivity index (χ4n) is 3.20. The normalized spacial score (nSPS) is 22.1. The number of hydrogen-bond acceptors (Lipinski definition) is 2. The van der Waals surface area contributed by atoms with Crippen molar-refractivity contribution in [3.63, 3.8) is 0 Å². The fraction of sp³-hybridized carbons (Fsp3) is 0.444. The monoisotopic (exact) mass is 271 g/mol. The summed E-state index contributed by atoms with van der Waals surface area (Å²) < 4.78 is 5.46. The van der Waals surface area contributed by atoms with Gasteiger partial charge in [-0.15, -0.1) is 6.58 Å². The summed E-state index contributed by atoms with van der Waals surface area (Å²) in [5.74, 6) is 0.904. The molecule has 0 amide bonds. The maximum atomic E-state index is 5.46. The van der Waals surface area contributed by atoms with Crippen LogP contribution in [0.3, 0.4) is 0 Å². The van der Waals surface area contributed by atoms with Gasteiger partial charge >= 0.3 is 0 Å². The Hall–Kier alpha value is -1.70. The molecule has 0 fully saturated rings. The standard InChI is InChI=1S/C18H25NO/c1-14(2)12-18(11-7-8-15(3)13-18)19-16-9-5-6-10-17(16)20-4/h5-6,8-10,19H,1,7,11-13H2,2-4H3/t18-/m1/s1. The molecule has 0 unspecified atom stereocenters. The van der Waals surface area contributed by atoms with Crippen molar-refractivity contribution in [3.05, 3.63) is 48.1 Å². The van der Waals surface area contributed by atoms with Crippen LogP contribution < -0.4 is 10.1 Å². The minimum absolute atomic E-state index is 0.0688. The second kappa shape index (κ2) is 6.17. The molecule has 0 saturated heterocycles. The van der Waals surface area contributed by atoms with Gasteiger partial charge in [0.15, 0.2) is 0 Å². The topological polar surface area (TPSA) is 21.3 Å². The van der Waals surface area contributed by atoms with Gasteiger partial charge in [-0.2, -0.15) is 0 Å². The molecule has 2 rings (SSSR count). The largest absolute Gasteiger partial charge is 0.495 e. The van der Waals surface area contributed by atoms with Gasteiger partial charge in [0.25, 0.3) is 0 Å². The van der Waals surface area contributed by atoms with E-state index < -0.39 is 0 Å². The Bertz CT molecular complexity index is 518. The number of methoxy groups -OCH3 is 1. The van der Waals surface area contributed by atoms with E-state index in [1.165, 1.54) is 11.1 Å². The predicted molar refractivity (Wildman–Crippen MR) is 86.4 cm³/mol. The van der Waals surface area contributed by atoms with Gasteiger partial charge in [0.05, 0.1) is 12.8 Å². The molecule has 2 heteroatoms. The number of hydrogen-bond donors (Lipinski definition) is 1. The summed E-state index contributed by atoms with van der Waals surface area (Å²) in [7, 11) is 1.72. The van der Waals surface area contributed by atoms with Crippen LogP contribution in [0.4, 0.5) is 5.69 Å². The van der Waals surface area contributed by atoms with E-state index in [4.69, 9.17) is 4.74 Å². The fourth-order valence-corrected chi connectivity index (χ4v) is 3.20. The summed E-state index contributed by atoms with van der Waals surface area (Å²) in [4.78, 5) is 0. The first-order valence-electron chi connectivity index (χ1n) is 7.26. The molecule has 1 aromatic rings. The number of para-hydroxylation sites is 2. The summed E-state index contributed by atoms with van der Waals surface area (Å²) in [6.45, 7) is 8.44. The quantitative estimate of drug-likeness (QED) is 0.766. The summed E-state index contributed by atoms with van der Waals surface area (Å²) >= 11 is 0. The van der Waals surface area contributed by atoms with Gasteiger partial charge in [-0.25, -0.2) is 0 Å². The van der Waals surface area contributed by atoms with E-state index in [2.05, 4.69) is 37.9 Å². The average molecular weight is 271 g/mol. The first kappa shape index (κ1) is 14.7. The van der Waals surface area contributed by atoms with Crippen molar-refractivity contribution < 1.29 is 4.74 Å². The number of anilines is 1. The summed E-state index contributed by atoms with van der Waals surface area (Å²) in [6, 6.07) is 8.14. The highest BCUT2D eigenvalue weighted by Crippen LogP contribution is 2.38. The zero-order chi connectivity index (χ0) is 14.6. The van der Waals surface area contributed by atoms with Gasteiger partial charge in [0, 0.05) is 5.54 Å². The van der Waals surface area contributed by atoms with E-state index in [1.54, 1.807) is 7.11 Å². The van der Waals surface area contributed by atoms with E-state index in [1.807, 2.05) is 18.2 Å². The lowest BCUT2D eigenvalue weighted by atomic mass is 9.77. The smallest absolute Gasteiger partial charge is 0.141 e. The van der Waals surface area contributed by atoms with Crippen molar-refractivity contribution in [2.45, 2.75) is 45.1 Å². The zero-order valence-corrected chi connectivity index (χ0v) is 12.8. The Balaban J connectivity index is 2.28. The Morgan fingerprint density at radius 2 is 2.15 bits per heavy atom. The molecular weight excluding hydrogens is 246 g/mol. The number of rotatable bonds is 5. The average Bonchev–Trinajstić information content (AvgIpc) is 2.38. The van der Waals surface area contributed by atoms with Crippen molar-refractivity contribution in [2.75, 3.05) is 12.4 Å². The maximum absolute atomic E-state index is 5.46. The highest BCUT2D eigenvalue weighted by atomic mass is 16.5. The minimum Gasteiger partial charge on any atom is -0.495 e. The van der Waals surface area contributed by atoms with Crippen LogP contribution in [0.2, 0.25) is 0 Å². The van der Waals surface area contributed by atoms with Gasteiger partial charge in [-0.1, -0.05) is 29.4 Å². The second-order valence-corrected chi connectivity index (χ2v) is 6.01. The van der Waals surface area contributed by atoms with Crippen LogP contribution in [0.1, 0.15) is 39.5 Å². The lowest BCUT2D eigenvalue weighted by molar-refractivity contribution is 0.395. The molecule has 20 heavy (non-hydrogen) atoms. The van der Waals surface area contributed by atoms with Crippen LogP contribution >= 0.6 is 0 Å². The van der Waals surface area contributed by atoms with E-state index in [0.717, 1.165) is 37.1 Å². The molecule has 1 aliphatic carbocycles. The molecule has 0 radical (unpaired) electrons. The molecular formula is C18H25NO. The van der Waals surface area contributed by atoms with Crippen LogP contribution in [-0.2, 0) is 0 Å². The van der Waals surface area contributed by atoms with E-state index in [-0.39, 0.29) is 5.54 Å². The third-order valence-electron chi connectivity index (χ3n) is 3.88. The van der Waals surface area contributed by atoms with Crippen LogP contribution in [0, 0.1) is 0 Å². The van der Waals surface area contributed by atoms with Crippen molar-refractivity contribution in [1.29, 1.82) is 0 Å². The van der Waals surface area contributed by atoms with E-state index in [0.29, 0.717) is 0 Å². The Labute approximate surface area is 122 Å². The van der Waals surface area contributed by atoms with Gasteiger partial charge in [-0.3, -0.25) is 0 Å². The van der Waals surface area contributed by atoms with Crippen LogP contribution in [0.25, 0.3) is 0 Å². The zero-order valence-electron chi connectivity index (χ0n) is 12.8. The number of ether oxygens (including phenoxy) is 1. The lowest BCUT2D eigenvalue weighted by Crippen LogP contribution is -2.40. The Morgan fingerprint density at radius 1 is 1.40 bits per heavy atom. The molecule has 0 aliphatic heterocycles. The molecule has 1 aromatic carbocycles. The molecule has 0 bridgehead atoms. The van der Waals surface area contributed by atoms with Crippen molar-refractivity contribution in [1.82, 2.24) is 0 Å². The molecule has 108 valence electrons. The van der Waals surface area contributed by atoms with E-state index >= 15 is 0 Å². The molecule has 2 nitrogen and oxygen atoms in total.